The second-order valence-electron chi connectivity index (χ2n) is 3.39. The van der Waals surface area contributed by atoms with E-state index >= 15 is 0 Å². The fourth-order valence-electron chi connectivity index (χ4n) is 1.40. The van der Waals surface area contributed by atoms with Crippen molar-refractivity contribution in [1.29, 1.82) is 5.41 Å². The number of rotatable bonds is 1. The molecule has 0 aliphatic rings. The predicted octanol–water partition coefficient (Wildman–Crippen LogP) is 2.32. The van der Waals surface area contributed by atoms with Gasteiger partial charge in [0.2, 0.25) is 0 Å². The monoisotopic (exact) mass is 188 g/mol. The van der Waals surface area contributed by atoms with Crippen LogP contribution in [0, 0.1) is 5.41 Å². The van der Waals surface area contributed by atoms with Crippen molar-refractivity contribution in [2.75, 3.05) is 14.1 Å². The second-order valence-corrected chi connectivity index (χ2v) is 3.39. The lowest BCUT2D eigenvalue weighted by Crippen LogP contribution is -2.21. The van der Waals surface area contributed by atoms with E-state index in [1.165, 1.54) is 0 Å². The van der Waals surface area contributed by atoms with Gasteiger partial charge in [0.15, 0.2) is 0 Å². The Hall–Kier alpha value is -1.77. The SMILES string of the molecule is CN(C)C(=N)c1coc2ccccc12. The van der Waals surface area contributed by atoms with Crippen molar-refractivity contribution in [1.82, 2.24) is 4.90 Å². The first kappa shape index (κ1) is 8.81. The molecule has 1 heterocycles. The van der Waals surface area contributed by atoms with E-state index in [0.29, 0.717) is 5.84 Å². The average molecular weight is 188 g/mol. The lowest BCUT2D eigenvalue weighted by atomic mass is 10.1. The van der Waals surface area contributed by atoms with Gasteiger partial charge in [0, 0.05) is 19.5 Å². The van der Waals surface area contributed by atoms with Crippen molar-refractivity contribution in [3.63, 3.8) is 0 Å². The summed E-state index contributed by atoms with van der Waals surface area (Å²) in [4.78, 5) is 1.76. The van der Waals surface area contributed by atoms with E-state index in [-0.39, 0.29) is 0 Å². The maximum atomic E-state index is 7.85. The van der Waals surface area contributed by atoms with Crippen molar-refractivity contribution >= 4 is 16.8 Å². The van der Waals surface area contributed by atoms with Gasteiger partial charge < -0.3 is 9.32 Å². The number of nitrogens with one attached hydrogen (secondary N) is 1. The van der Waals surface area contributed by atoms with Crippen LogP contribution in [0.2, 0.25) is 0 Å². The van der Waals surface area contributed by atoms with Gasteiger partial charge in [0.25, 0.3) is 0 Å². The number of furan rings is 1. The zero-order valence-electron chi connectivity index (χ0n) is 8.24. The highest BCUT2D eigenvalue weighted by atomic mass is 16.3. The van der Waals surface area contributed by atoms with Gasteiger partial charge >= 0.3 is 0 Å². The minimum atomic E-state index is 0.468. The van der Waals surface area contributed by atoms with Crippen molar-refractivity contribution in [2.45, 2.75) is 0 Å². The number of fused-ring (bicyclic) bond motifs is 1. The zero-order valence-corrected chi connectivity index (χ0v) is 8.24. The van der Waals surface area contributed by atoms with Crippen molar-refractivity contribution in [3.8, 4) is 0 Å². The maximum absolute atomic E-state index is 7.85. The summed E-state index contributed by atoms with van der Waals surface area (Å²) in [5.74, 6) is 0.468. The topological polar surface area (TPSA) is 40.2 Å². The molecule has 0 amide bonds. The molecule has 0 spiro atoms. The highest BCUT2D eigenvalue weighted by Gasteiger charge is 2.10. The molecule has 0 bridgehead atoms. The van der Waals surface area contributed by atoms with Gasteiger partial charge in [-0.3, -0.25) is 5.41 Å². The van der Waals surface area contributed by atoms with Gasteiger partial charge in [-0.15, -0.1) is 0 Å². The van der Waals surface area contributed by atoms with E-state index in [1.54, 1.807) is 11.2 Å². The van der Waals surface area contributed by atoms with E-state index < -0.39 is 0 Å². The number of hydrogen-bond donors (Lipinski definition) is 1. The fourth-order valence-corrected chi connectivity index (χ4v) is 1.40. The van der Waals surface area contributed by atoms with E-state index in [0.717, 1.165) is 16.5 Å². The Morgan fingerprint density at radius 3 is 2.71 bits per heavy atom. The third-order valence-corrected chi connectivity index (χ3v) is 2.18. The summed E-state index contributed by atoms with van der Waals surface area (Å²) in [6.07, 6.45) is 1.63. The third-order valence-electron chi connectivity index (χ3n) is 2.18. The lowest BCUT2D eigenvalue weighted by Gasteiger charge is -2.11. The molecule has 2 rings (SSSR count). The Balaban J connectivity index is 2.58. The van der Waals surface area contributed by atoms with Crippen LogP contribution in [0.4, 0.5) is 0 Å². The van der Waals surface area contributed by atoms with Crippen LogP contribution in [-0.2, 0) is 0 Å². The molecule has 1 aromatic heterocycles. The van der Waals surface area contributed by atoms with Crippen LogP contribution in [0.25, 0.3) is 11.0 Å². The minimum absolute atomic E-state index is 0.468. The van der Waals surface area contributed by atoms with Gasteiger partial charge in [-0.05, 0) is 6.07 Å². The summed E-state index contributed by atoms with van der Waals surface area (Å²) in [5.41, 5.74) is 1.67. The average Bonchev–Trinajstić information content (AvgIpc) is 2.60. The number of amidine groups is 1. The number of benzene rings is 1. The van der Waals surface area contributed by atoms with Gasteiger partial charge in [-0.25, -0.2) is 0 Å². The van der Waals surface area contributed by atoms with E-state index in [9.17, 15) is 0 Å². The molecule has 14 heavy (non-hydrogen) atoms. The van der Waals surface area contributed by atoms with Crippen LogP contribution in [0.5, 0.6) is 0 Å². The Morgan fingerprint density at radius 2 is 2.00 bits per heavy atom. The van der Waals surface area contributed by atoms with Crippen LogP contribution in [-0.4, -0.2) is 24.8 Å². The van der Waals surface area contributed by atoms with Gasteiger partial charge in [-0.2, -0.15) is 0 Å². The van der Waals surface area contributed by atoms with Crippen molar-refractivity contribution in [3.05, 3.63) is 36.1 Å². The summed E-state index contributed by atoms with van der Waals surface area (Å²) in [5, 5.41) is 8.84. The Bertz CT molecular complexity index is 471. The normalized spacial score (nSPS) is 10.4. The van der Waals surface area contributed by atoms with Gasteiger partial charge in [0.1, 0.15) is 17.7 Å². The molecule has 0 aliphatic carbocycles. The molecule has 72 valence electrons. The molecule has 2 aromatic rings. The largest absolute Gasteiger partial charge is 0.464 e. The molecule has 3 heteroatoms. The molecule has 0 unspecified atom stereocenters. The van der Waals surface area contributed by atoms with Crippen molar-refractivity contribution < 1.29 is 4.42 Å². The molecule has 0 fully saturated rings. The molecule has 0 aliphatic heterocycles. The Morgan fingerprint density at radius 1 is 1.29 bits per heavy atom. The maximum Gasteiger partial charge on any atom is 0.134 e. The first-order valence-corrected chi connectivity index (χ1v) is 4.42. The summed E-state index contributed by atoms with van der Waals surface area (Å²) in [6.45, 7) is 0. The molecule has 0 radical (unpaired) electrons. The first-order valence-electron chi connectivity index (χ1n) is 4.42. The van der Waals surface area contributed by atoms with Gasteiger partial charge in [-0.1, -0.05) is 18.2 Å². The first-order chi connectivity index (χ1) is 6.70. The third kappa shape index (κ3) is 1.27. The second kappa shape index (κ2) is 3.18. The number of hydrogen-bond acceptors (Lipinski definition) is 2. The molecule has 0 saturated carbocycles. The summed E-state index contributed by atoms with van der Waals surface area (Å²) < 4.78 is 5.35. The van der Waals surface area contributed by atoms with Crippen LogP contribution in [0.15, 0.2) is 34.9 Å². The van der Waals surface area contributed by atoms with Gasteiger partial charge in [0.05, 0.1) is 5.56 Å². The standard InChI is InChI=1S/C11H12N2O/c1-13(2)11(12)9-7-14-10-6-4-3-5-8(9)10/h3-7,12H,1-2H3. The molecular formula is C11H12N2O. The molecule has 0 atom stereocenters. The molecule has 1 aromatic carbocycles. The molecule has 0 saturated heterocycles. The zero-order chi connectivity index (χ0) is 10.1. The molecular weight excluding hydrogens is 176 g/mol. The lowest BCUT2D eigenvalue weighted by molar-refractivity contribution is 0.601. The molecule has 3 nitrogen and oxygen atoms in total. The van der Waals surface area contributed by atoms with Crippen LogP contribution < -0.4 is 0 Å². The smallest absolute Gasteiger partial charge is 0.134 e. The highest BCUT2D eigenvalue weighted by molar-refractivity contribution is 6.06. The quantitative estimate of drug-likeness (QED) is 0.551. The van der Waals surface area contributed by atoms with Crippen LogP contribution in [0.1, 0.15) is 5.56 Å². The van der Waals surface area contributed by atoms with Crippen molar-refractivity contribution in [2.24, 2.45) is 0 Å². The Labute approximate surface area is 82.4 Å². The Kier molecular flexibility index (Phi) is 2.00. The van der Waals surface area contributed by atoms with E-state index in [4.69, 9.17) is 9.83 Å². The van der Waals surface area contributed by atoms with Crippen LogP contribution >= 0.6 is 0 Å². The summed E-state index contributed by atoms with van der Waals surface area (Å²) in [6, 6.07) is 7.74. The number of nitrogens with zero attached hydrogens (tertiary/aromatic N) is 1. The highest BCUT2D eigenvalue weighted by Crippen LogP contribution is 2.21. The minimum Gasteiger partial charge on any atom is -0.464 e. The van der Waals surface area contributed by atoms with E-state index in [1.807, 2.05) is 38.4 Å². The van der Waals surface area contributed by atoms with E-state index in [2.05, 4.69) is 0 Å². The summed E-state index contributed by atoms with van der Waals surface area (Å²) in [7, 11) is 3.70. The van der Waals surface area contributed by atoms with Crippen LogP contribution in [0.3, 0.4) is 0 Å². The number of para-hydroxylation sites is 1. The predicted molar refractivity (Wildman–Crippen MR) is 56.7 cm³/mol. The molecule has 1 N–H and O–H groups in total. The summed E-state index contributed by atoms with van der Waals surface area (Å²) >= 11 is 0. The fraction of sp³-hybridized carbons (Fsp3) is 0.182.